The van der Waals surface area contributed by atoms with E-state index in [1.165, 1.54) is 18.2 Å². The fourth-order valence-corrected chi connectivity index (χ4v) is 0.747. The first-order chi connectivity index (χ1) is 11.3. The van der Waals surface area contributed by atoms with Gasteiger partial charge in [-0.25, -0.2) is 14.4 Å². The number of carboxylic acid groups (broad SMARTS) is 3. The molecule has 25 heavy (non-hydrogen) atoms. The van der Waals surface area contributed by atoms with E-state index in [1.54, 1.807) is 36.5 Å². The first-order valence-corrected chi connectivity index (χ1v) is 6.88. The first-order valence-electron chi connectivity index (χ1n) is 6.88. The number of hydrogen-bond donors (Lipinski definition) is 3. The molecule has 0 rings (SSSR count). The average Bonchev–Trinajstić information content (AvgIpc) is 2.48. The van der Waals surface area contributed by atoms with Crippen molar-refractivity contribution in [2.24, 2.45) is 0 Å². The SMILES string of the molecule is C/C=C/C=C/C(=O)O.C/C=C/C=C/C(=O)O.C/C=C/C=C/C(=O)O.[La]. The molecular weight excluding hydrogens is 451 g/mol. The van der Waals surface area contributed by atoms with E-state index in [0.717, 1.165) is 18.2 Å². The summed E-state index contributed by atoms with van der Waals surface area (Å²) in [6.45, 7) is 5.48. The quantitative estimate of drug-likeness (QED) is 0.400. The summed E-state index contributed by atoms with van der Waals surface area (Å²) in [5.74, 6) is -2.74. The maximum absolute atomic E-state index is 9.75. The van der Waals surface area contributed by atoms with Gasteiger partial charge in [-0.2, -0.15) is 0 Å². The Morgan fingerprint density at radius 1 is 0.520 bits per heavy atom. The minimum atomic E-state index is -0.914. The predicted octanol–water partition coefficient (Wildman–Crippen LogP) is 3.61. The van der Waals surface area contributed by atoms with Crippen molar-refractivity contribution in [1.82, 2.24) is 0 Å². The number of carbonyl (C=O) groups is 3. The summed E-state index contributed by atoms with van der Waals surface area (Å²) in [5, 5.41) is 24.1. The van der Waals surface area contributed by atoms with Gasteiger partial charge in [0.25, 0.3) is 0 Å². The molecule has 0 heterocycles. The molecule has 0 bridgehead atoms. The molecule has 0 aromatic heterocycles. The van der Waals surface area contributed by atoms with E-state index >= 15 is 0 Å². The Bertz CT molecular complexity index is 450. The fourth-order valence-electron chi connectivity index (χ4n) is 0.747. The second-order valence-corrected chi connectivity index (χ2v) is 3.67. The van der Waals surface area contributed by atoms with Crippen molar-refractivity contribution in [3.05, 3.63) is 72.9 Å². The van der Waals surface area contributed by atoms with Crippen LogP contribution < -0.4 is 0 Å². The van der Waals surface area contributed by atoms with E-state index in [-0.39, 0.29) is 35.6 Å². The summed E-state index contributed by atoms with van der Waals surface area (Å²) < 4.78 is 0. The molecule has 1 radical (unpaired) electrons. The smallest absolute Gasteiger partial charge is 0.328 e. The normalized spacial score (nSPS) is 10.7. The molecule has 0 atom stereocenters. The molecule has 6 nitrogen and oxygen atoms in total. The van der Waals surface area contributed by atoms with Crippen LogP contribution in [0.4, 0.5) is 0 Å². The van der Waals surface area contributed by atoms with Crippen molar-refractivity contribution in [3.8, 4) is 0 Å². The Morgan fingerprint density at radius 2 is 0.720 bits per heavy atom. The molecule has 135 valence electrons. The number of aliphatic carboxylic acids is 3. The molecule has 3 N–H and O–H groups in total. The van der Waals surface area contributed by atoms with Crippen LogP contribution in [-0.4, -0.2) is 33.2 Å². The molecule has 0 amide bonds. The third kappa shape index (κ3) is 52.1. The van der Waals surface area contributed by atoms with Crippen molar-refractivity contribution in [3.63, 3.8) is 0 Å². The molecule has 0 fully saturated rings. The van der Waals surface area contributed by atoms with Gasteiger partial charge in [0.05, 0.1) is 0 Å². The van der Waals surface area contributed by atoms with Gasteiger partial charge < -0.3 is 15.3 Å². The van der Waals surface area contributed by atoms with Gasteiger partial charge in [-0.3, -0.25) is 0 Å². The zero-order valence-corrected chi connectivity index (χ0v) is 18.2. The topological polar surface area (TPSA) is 112 Å². The maximum atomic E-state index is 9.75. The van der Waals surface area contributed by atoms with E-state index in [2.05, 4.69) is 0 Å². The van der Waals surface area contributed by atoms with Crippen molar-refractivity contribution >= 4 is 17.9 Å². The summed E-state index contributed by atoms with van der Waals surface area (Å²) in [7, 11) is 0. The molecule has 7 heteroatoms. The van der Waals surface area contributed by atoms with Crippen molar-refractivity contribution in [2.75, 3.05) is 0 Å². The molecule has 0 spiro atoms. The second-order valence-electron chi connectivity index (χ2n) is 3.67. The van der Waals surface area contributed by atoms with Gasteiger partial charge in [-0.05, 0) is 20.8 Å². The standard InChI is InChI=1S/3C6H8O2.La/c3*1-2-3-4-5-6(7)8;/h3*2-5H,1H3,(H,7,8);/b3*3-2+,5-4+;. The first kappa shape index (κ1) is 30.9. The van der Waals surface area contributed by atoms with Crippen molar-refractivity contribution in [1.29, 1.82) is 0 Å². The summed E-state index contributed by atoms with van der Waals surface area (Å²) in [5.41, 5.74) is 0. The number of rotatable bonds is 6. The van der Waals surface area contributed by atoms with Crippen LogP contribution in [0.2, 0.25) is 0 Å². The van der Waals surface area contributed by atoms with Crippen LogP contribution in [0.3, 0.4) is 0 Å². The summed E-state index contributed by atoms with van der Waals surface area (Å²) in [6, 6.07) is 0. The molecule has 0 unspecified atom stereocenters. The molecule has 0 aromatic rings. The molecule has 0 aliphatic heterocycles. The fraction of sp³-hybridized carbons (Fsp3) is 0.167. The van der Waals surface area contributed by atoms with E-state index in [0.29, 0.717) is 0 Å². The molecule has 0 aromatic carbocycles. The van der Waals surface area contributed by atoms with Crippen molar-refractivity contribution < 1.29 is 65.3 Å². The second kappa shape index (κ2) is 26.9. The van der Waals surface area contributed by atoms with Crippen LogP contribution in [0, 0.1) is 35.6 Å². The molecular formula is C18H24LaO6. The number of carboxylic acids is 3. The summed E-state index contributed by atoms with van der Waals surface area (Å²) in [4.78, 5) is 29.3. The minimum Gasteiger partial charge on any atom is -0.478 e. The van der Waals surface area contributed by atoms with Gasteiger partial charge in [-0.1, -0.05) is 54.7 Å². The molecule has 0 saturated carbocycles. The van der Waals surface area contributed by atoms with Crippen LogP contribution in [0.1, 0.15) is 20.8 Å². The average molecular weight is 475 g/mol. The zero-order valence-electron chi connectivity index (χ0n) is 14.6. The van der Waals surface area contributed by atoms with Gasteiger partial charge in [0.15, 0.2) is 0 Å². The molecule has 0 saturated heterocycles. The van der Waals surface area contributed by atoms with Crippen LogP contribution in [0.15, 0.2) is 72.9 Å². The van der Waals surface area contributed by atoms with Gasteiger partial charge in [0.1, 0.15) is 0 Å². The third-order valence-electron chi connectivity index (χ3n) is 1.63. The van der Waals surface area contributed by atoms with Crippen LogP contribution in [0.25, 0.3) is 0 Å². The van der Waals surface area contributed by atoms with E-state index in [1.807, 2.05) is 20.8 Å². The molecule has 0 aliphatic rings. The number of hydrogen-bond acceptors (Lipinski definition) is 3. The monoisotopic (exact) mass is 475 g/mol. The minimum absolute atomic E-state index is 0. The largest absolute Gasteiger partial charge is 0.478 e. The van der Waals surface area contributed by atoms with Gasteiger partial charge >= 0.3 is 17.9 Å². The van der Waals surface area contributed by atoms with E-state index < -0.39 is 17.9 Å². The van der Waals surface area contributed by atoms with E-state index in [4.69, 9.17) is 15.3 Å². The number of allylic oxidation sites excluding steroid dienone is 9. The molecule has 0 aliphatic carbocycles. The maximum Gasteiger partial charge on any atom is 0.328 e. The van der Waals surface area contributed by atoms with Gasteiger partial charge in [0, 0.05) is 53.8 Å². The summed E-state index contributed by atoms with van der Waals surface area (Å²) in [6.07, 6.45) is 17.9. The Hall–Kier alpha value is -1.96. The van der Waals surface area contributed by atoms with Crippen molar-refractivity contribution in [2.45, 2.75) is 20.8 Å². The predicted molar refractivity (Wildman–Crippen MR) is 94.8 cm³/mol. The van der Waals surface area contributed by atoms with Gasteiger partial charge in [0.2, 0.25) is 0 Å². The Morgan fingerprint density at radius 3 is 0.840 bits per heavy atom. The Balaban J connectivity index is -0.000000130. The third-order valence-corrected chi connectivity index (χ3v) is 1.63. The van der Waals surface area contributed by atoms with E-state index in [9.17, 15) is 14.4 Å². The summed E-state index contributed by atoms with van der Waals surface area (Å²) >= 11 is 0. The zero-order chi connectivity index (χ0) is 19.2. The van der Waals surface area contributed by atoms with Crippen LogP contribution in [-0.2, 0) is 14.4 Å². The Kier molecular flexibility index (Phi) is 33.2. The Labute approximate surface area is 176 Å². The van der Waals surface area contributed by atoms with Gasteiger partial charge in [-0.15, -0.1) is 0 Å². The van der Waals surface area contributed by atoms with Crippen LogP contribution in [0.5, 0.6) is 0 Å². The van der Waals surface area contributed by atoms with Crippen LogP contribution >= 0.6 is 0 Å².